The Kier molecular flexibility index (Phi) is 4.74. The minimum absolute atomic E-state index is 0.0625. The fraction of sp³-hybridized carbons (Fsp3) is 0.286. The maximum absolute atomic E-state index is 13.1. The number of rotatable bonds is 4. The number of hydrogen-bond acceptors (Lipinski definition) is 5. The maximum Gasteiger partial charge on any atom is 0.277 e. The number of para-hydroxylation sites is 1. The molecule has 0 aliphatic carbocycles. The van der Waals surface area contributed by atoms with Gasteiger partial charge in [0.05, 0.1) is 5.25 Å². The molecule has 6 heteroatoms. The van der Waals surface area contributed by atoms with Crippen molar-refractivity contribution in [3.05, 3.63) is 59.7 Å². The number of aryl methyl sites for hydroxylation is 1. The molecular weight excluding hydrogens is 358 g/mol. The van der Waals surface area contributed by atoms with Crippen LogP contribution in [0.25, 0.3) is 11.5 Å². The van der Waals surface area contributed by atoms with Crippen molar-refractivity contribution in [2.24, 2.45) is 0 Å². The van der Waals surface area contributed by atoms with Crippen LogP contribution in [0.3, 0.4) is 0 Å². The number of amides is 1. The van der Waals surface area contributed by atoms with Crippen molar-refractivity contribution in [3.8, 4) is 11.5 Å². The van der Waals surface area contributed by atoms with Gasteiger partial charge in [-0.3, -0.25) is 4.79 Å². The van der Waals surface area contributed by atoms with E-state index in [0.717, 1.165) is 17.7 Å². The SMILES string of the molecule is Cc1ccc(-c2nnc(S[C@@H](C)C(=O)N3c4ccccc4C[C@H]3C)o2)cc1. The van der Waals surface area contributed by atoms with E-state index in [9.17, 15) is 4.79 Å². The van der Waals surface area contributed by atoms with Crippen LogP contribution in [0.4, 0.5) is 5.69 Å². The van der Waals surface area contributed by atoms with Gasteiger partial charge < -0.3 is 9.32 Å². The Morgan fingerprint density at radius 3 is 2.70 bits per heavy atom. The predicted octanol–water partition coefficient (Wildman–Crippen LogP) is 4.50. The van der Waals surface area contributed by atoms with E-state index < -0.39 is 0 Å². The summed E-state index contributed by atoms with van der Waals surface area (Å²) in [5.41, 5.74) is 4.27. The van der Waals surface area contributed by atoms with E-state index in [4.69, 9.17) is 4.42 Å². The zero-order chi connectivity index (χ0) is 19.0. The Hall–Kier alpha value is -2.60. The lowest BCUT2D eigenvalue weighted by atomic mass is 10.1. The maximum atomic E-state index is 13.1. The first-order valence-corrected chi connectivity index (χ1v) is 9.89. The number of carbonyl (C=O) groups excluding carboxylic acids is 1. The second-order valence-electron chi connectivity index (χ2n) is 6.89. The van der Waals surface area contributed by atoms with Gasteiger partial charge in [0.1, 0.15) is 0 Å². The van der Waals surface area contributed by atoms with Crippen molar-refractivity contribution in [1.29, 1.82) is 0 Å². The van der Waals surface area contributed by atoms with Gasteiger partial charge in [0.2, 0.25) is 11.8 Å². The van der Waals surface area contributed by atoms with Gasteiger partial charge in [0.15, 0.2) is 0 Å². The number of carbonyl (C=O) groups is 1. The van der Waals surface area contributed by atoms with Crippen LogP contribution in [0.1, 0.15) is 25.0 Å². The number of benzene rings is 2. The van der Waals surface area contributed by atoms with Crippen molar-refractivity contribution >= 4 is 23.4 Å². The number of nitrogens with zero attached hydrogens (tertiary/aromatic N) is 3. The van der Waals surface area contributed by atoms with Crippen LogP contribution >= 0.6 is 11.8 Å². The fourth-order valence-corrected chi connectivity index (χ4v) is 4.10. The van der Waals surface area contributed by atoms with Crippen molar-refractivity contribution in [2.75, 3.05) is 4.90 Å². The summed E-state index contributed by atoms with van der Waals surface area (Å²) >= 11 is 1.30. The molecule has 0 bridgehead atoms. The highest BCUT2D eigenvalue weighted by molar-refractivity contribution is 8.00. The summed E-state index contributed by atoms with van der Waals surface area (Å²) in [7, 11) is 0. The number of fused-ring (bicyclic) bond motifs is 1. The smallest absolute Gasteiger partial charge is 0.277 e. The van der Waals surface area contributed by atoms with Crippen LogP contribution in [-0.4, -0.2) is 27.4 Å². The summed E-state index contributed by atoms with van der Waals surface area (Å²) in [4.78, 5) is 14.9. The van der Waals surface area contributed by atoms with E-state index in [1.54, 1.807) is 0 Å². The zero-order valence-electron chi connectivity index (χ0n) is 15.5. The highest BCUT2D eigenvalue weighted by Gasteiger charge is 2.34. The Morgan fingerprint density at radius 1 is 1.19 bits per heavy atom. The molecule has 1 aliphatic rings. The minimum atomic E-state index is -0.315. The van der Waals surface area contributed by atoms with Crippen LogP contribution in [-0.2, 0) is 11.2 Å². The third-order valence-corrected chi connectivity index (χ3v) is 5.70. The summed E-state index contributed by atoms with van der Waals surface area (Å²) in [6.45, 7) is 6.00. The number of hydrogen-bond donors (Lipinski definition) is 0. The molecule has 3 aromatic rings. The van der Waals surface area contributed by atoms with Gasteiger partial charge in [-0.25, -0.2) is 0 Å². The average Bonchev–Trinajstić information content (AvgIpc) is 3.25. The van der Waals surface area contributed by atoms with Gasteiger partial charge in [-0.15, -0.1) is 10.2 Å². The van der Waals surface area contributed by atoms with E-state index in [1.165, 1.54) is 22.9 Å². The van der Waals surface area contributed by atoms with E-state index >= 15 is 0 Å². The van der Waals surface area contributed by atoms with E-state index in [0.29, 0.717) is 11.1 Å². The number of thioether (sulfide) groups is 1. The van der Waals surface area contributed by atoms with Crippen LogP contribution in [0, 0.1) is 6.92 Å². The number of anilines is 1. The molecule has 1 aromatic heterocycles. The summed E-state index contributed by atoms with van der Waals surface area (Å²) in [6.07, 6.45) is 0.886. The Balaban J connectivity index is 1.49. The molecule has 2 atom stereocenters. The lowest BCUT2D eigenvalue weighted by Crippen LogP contribution is -2.40. The third-order valence-electron chi connectivity index (χ3n) is 4.78. The minimum Gasteiger partial charge on any atom is -0.411 e. The van der Waals surface area contributed by atoms with Crippen molar-refractivity contribution < 1.29 is 9.21 Å². The molecule has 0 saturated carbocycles. The van der Waals surface area contributed by atoms with Crippen molar-refractivity contribution in [1.82, 2.24) is 10.2 Å². The van der Waals surface area contributed by atoms with Crippen molar-refractivity contribution in [2.45, 2.75) is 43.7 Å². The van der Waals surface area contributed by atoms with E-state index in [-0.39, 0.29) is 17.2 Å². The third kappa shape index (κ3) is 3.49. The highest BCUT2D eigenvalue weighted by atomic mass is 32.2. The van der Waals surface area contributed by atoms with Gasteiger partial charge in [-0.2, -0.15) is 0 Å². The first-order valence-electron chi connectivity index (χ1n) is 9.01. The molecule has 0 fully saturated rings. The van der Waals surface area contributed by atoms with Crippen LogP contribution < -0.4 is 4.90 Å². The summed E-state index contributed by atoms with van der Waals surface area (Å²) < 4.78 is 5.76. The molecule has 1 amide bonds. The number of aromatic nitrogens is 2. The topological polar surface area (TPSA) is 59.2 Å². The second-order valence-corrected chi connectivity index (χ2v) is 8.18. The Labute approximate surface area is 162 Å². The molecular formula is C21H21N3O2S. The van der Waals surface area contributed by atoms with Crippen LogP contribution in [0.5, 0.6) is 0 Å². The lowest BCUT2D eigenvalue weighted by Gasteiger charge is -2.25. The van der Waals surface area contributed by atoms with Crippen LogP contribution in [0.2, 0.25) is 0 Å². The average molecular weight is 379 g/mol. The molecule has 27 heavy (non-hydrogen) atoms. The van der Waals surface area contributed by atoms with Crippen molar-refractivity contribution in [3.63, 3.8) is 0 Å². The molecule has 5 nitrogen and oxygen atoms in total. The quantitative estimate of drug-likeness (QED) is 0.625. The summed E-state index contributed by atoms with van der Waals surface area (Å²) in [6, 6.07) is 16.2. The first kappa shape index (κ1) is 17.8. The van der Waals surface area contributed by atoms with Crippen LogP contribution in [0.15, 0.2) is 58.2 Å². The predicted molar refractivity (Wildman–Crippen MR) is 107 cm³/mol. The molecule has 0 N–H and O–H groups in total. The van der Waals surface area contributed by atoms with Gasteiger partial charge in [0.25, 0.3) is 5.22 Å². The Morgan fingerprint density at radius 2 is 1.93 bits per heavy atom. The van der Waals surface area contributed by atoms with Gasteiger partial charge >= 0.3 is 0 Å². The zero-order valence-corrected chi connectivity index (χ0v) is 16.4. The molecule has 0 spiro atoms. The second kappa shape index (κ2) is 7.19. The van der Waals surface area contributed by atoms with Gasteiger partial charge in [-0.1, -0.05) is 47.7 Å². The molecule has 2 heterocycles. The molecule has 138 valence electrons. The normalized spacial score (nSPS) is 17.0. The standard InChI is InChI=1S/C21H21N3O2S/c1-13-8-10-16(11-9-13)19-22-23-21(26-19)27-15(3)20(25)24-14(2)12-17-6-4-5-7-18(17)24/h4-11,14-15H,12H2,1-3H3/t14-,15+/m1/s1. The largest absolute Gasteiger partial charge is 0.411 e. The summed E-state index contributed by atoms with van der Waals surface area (Å²) in [5, 5.41) is 8.31. The molecule has 4 rings (SSSR count). The highest BCUT2D eigenvalue weighted by Crippen LogP contribution is 2.35. The van der Waals surface area contributed by atoms with E-state index in [2.05, 4.69) is 23.2 Å². The summed E-state index contributed by atoms with van der Waals surface area (Å²) in [5.74, 6) is 0.532. The molecule has 0 radical (unpaired) electrons. The Bertz CT molecular complexity index is 968. The molecule has 1 aliphatic heterocycles. The lowest BCUT2D eigenvalue weighted by molar-refractivity contribution is -0.118. The molecule has 2 aromatic carbocycles. The van der Waals surface area contributed by atoms with Gasteiger partial charge in [0, 0.05) is 17.3 Å². The monoisotopic (exact) mass is 379 g/mol. The van der Waals surface area contributed by atoms with Gasteiger partial charge in [-0.05, 0) is 51.0 Å². The first-order chi connectivity index (χ1) is 13.0. The molecule has 0 unspecified atom stereocenters. The molecule has 0 saturated heterocycles. The fourth-order valence-electron chi connectivity index (χ4n) is 3.37. The van der Waals surface area contributed by atoms with E-state index in [1.807, 2.05) is 61.2 Å².